The summed E-state index contributed by atoms with van der Waals surface area (Å²) in [7, 11) is 0. The van der Waals surface area contributed by atoms with Crippen molar-refractivity contribution >= 4 is 6.09 Å². The number of likely N-dealkylation sites (tertiary alicyclic amines) is 1. The smallest absolute Gasteiger partial charge is 0.407 e. The summed E-state index contributed by atoms with van der Waals surface area (Å²) in [6, 6.07) is 3.07. The maximum Gasteiger partial charge on any atom is 0.407 e. The van der Waals surface area contributed by atoms with E-state index in [2.05, 4.69) is 4.98 Å². The maximum atomic E-state index is 12.6. The monoisotopic (exact) mass is 224 g/mol. The third-order valence-corrected chi connectivity index (χ3v) is 2.99. The first-order chi connectivity index (χ1) is 7.66. The van der Waals surface area contributed by atoms with Gasteiger partial charge in [0.15, 0.2) is 0 Å². The minimum absolute atomic E-state index is 0.295. The van der Waals surface area contributed by atoms with Crippen molar-refractivity contribution in [3.8, 4) is 0 Å². The number of rotatable bonds is 1. The van der Waals surface area contributed by atoms with Crippen molar-refractivity contribution in [3.63, 3.8) is 0 Å². The molecule has 0 atom stereocenters. The van der Waals surface area contributed by atoms with Gasteiger partial charge in [-0.25, -0.2) is 9.78 Å². The average molecular weight is 224 g/mol. The number of nitrogens with zero attached hydrogens (tertiary/aromatic N) is 2. The van der Waals surface area contributed by atoms with Crippen molar-refractivity contribution in [3.05, 3.63) is 29.8 Å². The molecule has 1 saturated heterocycles. The Morgan fingerprint density at radius 2 is 2.12 bits per heavy atom. The molecule has 1 aromatic rings. The number of carboxylic acid groups (broad SMARTS) is 1. The van der Waals surface area contributed by atoms with Gasteiger partial charge in [0.1, 0.15) is 0 Å². The molecule has 2 rings (SSSR count). The zero-order valence-electron chi connectivity index (χ0n) is 8.77. The van der Waals surface area contributed by atoms with Gasteiger partial charge in [0.2, 0.25) is 5.95 Å². The molecular weight excluding hydrogens is 211 g/mol. The number of pyridine rings is 1. The van der Waals surface area contributed by atoms with Crippen LogP contribution in [-0.4, -0.2) is 34.2 Å². The number of aromatic nitrogens is 1. The molecule has 1 fully saturated rings. The third-order valence-electron chi connectivity index (χ3n) is 2.99. The molecule has 1 aliphatic heterocycles. The molecule has 2 heterocycles. The van der Waals surface area contributed by atoms with Crippen LogP contribution in [0, 0.1) is 5.95 Å². The van der Waals surface area contributed by atoms with E-state index in [0.29, 0.717) is 19.0 Å². The van der Waals surface area contributed by atoms with Gasteiger partial charge in [-0.3, -0.25) is 0 Å². The lowest BCUT2D eigenvalue weighted by molar-refractivity contribution is 0.132. The zero-order chi connectivity index (χ0) is 11.5. The van der Waals surface area contributed by atoms with Gasteiger partial charge in [-0.15, -0.1) is 0 Å². The lowest BCUT2D eigenvalue weighted by Gasteiger charge is -2.29. The van der Waals surface area contributed by atoms with E-state index in [1.54, 1.807) is 6.07 Å². The Kier molecular flexibility index (Phi) is 3.03. The predicted octanol–water partition coefficient (Wildman–Crippen LogP) is 2.08. The molecule has 0 aromatic carbocycles. The van der Waals surface area contributed by atoms with Crippen molar-refractivity contribution < 1.29 is 14.3 Å². The van der Waals surface area contributed by atoms with Gasteiger partial charge in [-0.2, -0.15) is 4.39 Å². The molecular formula is C11H13FN2O2. The first-order valence-electron chi connectivity index (χ1n) is 5.26. The van der Waals surface area contributed by atoms with Crippen LogP contribution in [0.2, 0.25) is 0 Å². The topological polar surface area (TPSA) is 53.4 Å². The molecule has 0 bridgehead atoms. The van der Waals surface area contributed by atoms with Crippen LogP contribution in [-0.2, 0) is 0 Å². The highest BCUT2D eigenvalue weighted by atomic mass is 19.1. The molecule has 1 aromatic heterocycles. The second kappa shape index (κ2) is 4.47. The van der Waals surface area contributed by atoms with E-state index in [9.17, 15) is 9.18 Å². The van der Waals surface area contributed by atoms with Crippen molar-refractivity contribution in [2.45, 2.75) is 18.8 Å². The van der Waals surface area contributed by atoms with Gasteiger partial charge in [0.25, 0.3) is 0 Å². The molecule has 0 spiro atoms. The quantitative estimate of drug-likeness (QED) is 0.743. The molecule has 0 aliphatic carbocycles. The molecule has 0 saturated carbocycles. The fourth-order valence-electron chi connectivity index (χ4n) is 2.03. The van der Waals surface area contributed by atoms with Crippen LogP contribution in [0.5, 0.6) is 0 Å². The summed E-state index contributed by atoms with van der Waals surface area (Å²) in [6.07, 6.45) is 2.23. The standard InChI is InChI=1S/C11H13FN2O2/c12-10-2-1-9(7-13-10)8-3-5-14(6-4-8)11(15)16/h1-2,7-8H,3-6H2,(H,15,16). The summed E-state index contributed by atoms with van der Waals surface area (Å²) in [4.78, 5) is 15.7. The highest BCUT2D eigenvalue weighted by Gasteiger charge is 2.23. The Labute approximate surface area is 92.7 Å². The van der Waals surface area contributed by atoms with Gasteiger partial charge < -0.3 is 10.0 Å². The van der Waals surface area contributed by atoms with E-state index in [-0.39, 0.29) is 0 Å². The van der Waals surface area contributed by atoms with Crippen LogP contribution in [0.25, 0.3) is 0 Å². The fraction of sp³-hybridized carbons (Fsp3) is 0.455. The van der Waals surface area contributed by atoms with Crippen molar-refractivity contribution in [2.24, 2.45) is 0 Å². The summed E-state index contributed by atoms with van der Waals surface area (Å²) in [5.74, 6) is -0.185. The minimum atomic E-state index is -0.865. The summed E-state index contributed by atoms with van der Waals surface area (Å²) < 4.78 is 12.6. The average Bonchev–Trinajstić information content (AvgIpc) is 2.30. The van der Waals surface area contributed by atoms with Crippen LogP contribution in [0.15, 0.2) is 18.3 Å². The molecule has 1 amide bonds. The van der Waals surface area contributed by atoms with Crippen LogP contribution in [0.1, 0.15) is 24.3 Å². The fourth-order valence-corrected chi connectivity index (χ4v) is 2.03. The second-order valence-electron chi connectivity index (χ2n) is 3.96. The normalized spacial score (nSPS) is 17.4. The van der Waals surface area contributed by atoms with Crippen molar-refractivity contribution in [1.29, 1.82) is 0 Å². The number of carbonyl (C=O) groups is 1. The first kappa shape index (κ1) is 10.9. The van der Waals surface area contributed by atoms with Gasteiger partial charge >= 0.3 is 6.09 Å². The van der Waals surface area contributed by atoms with E-state index in [1.807, 2.05) is 0 Å². The predicted molar refractivity (Wildman–Crippen MR) is 55.8 cm³/mol. The summed E-state index contributed by atoms with van der Waals surface area (Å²) in [5.41, 5.74) is 0.992. The minimum Gasteiger partial charge on any atom is -0.465 e. The number of halogens is 1. The number of hydrogen-bond donors (Lipinski definition) is 1. The first-order valence-corrected chi connectivity index (χ1v) is 5.26. The molecule has 1 N–H and O–H groups in total. The van der Waals surface area contributed by atoms with E-state index < -0.39 is 12.0 Å². The Hall–Kier alpha value is -1.65. The van der Waals surface area contributed by atoms with Crippen LogP contribution in [0.3, 0.4) is 0 Å². The van der Waals surface area contributed by atoms with E-state index in [1.165, 1.54) is 17.2 Å². The number of piperidine rings is 1. The summed E-state index contributed by atoms with van der Waals surface area (Å²) >= 11 is 0. The Balaban J connectivity index is 1.99. The van der Waals surface area contributed by atoms with Crippen molar-refractivity contribution in [2.75, 3.05) is 13.1 Å². The lowest BCUT2D eigenvalue weighted by atomic mass is 9.91. The molecule has 16 heavy (non-hydrogen) atoms. The van der Waals surface area contributed by atoms with Crippen molar-refractivity contribution in [1.82, 2.24) is 9.88 Å². The van der Waals surface area contributed by atoms with Crippen LogP contribution >= 0.6 is 0 Å². The Morgan fingerprint density at radius 3 is 2.62 bits per heavy atom. The van der Waals surface area contributed by atoms with Gasteiger partial charge in [-0.05, 0) is 30.4 Å². The van der Waals surface area contributed by atoms with E-state index in [0.717, 1.165) is 18.4 Å². The molecule has 4 nitrogen and oxygen atoms in total. The maximum absolute atomic E-state index is 12.6. The number of amides is 1. The van der Waals surface area contributed by atoms with E-state index in [4.69, 9.17) is 5.11 Å². The Bertz CT molecular complexity index is 372. The largest absolute Gasteiger partial charge is 0.465 e. The highest BCUT2D eigenvalue weighted by molar-refractivity contribution is 5.65. The third kappa shape index (κ3) is 2.29. The molecule has 0 unspecified atom stereocenters. The van der Waals surface area contributed by atoms with Crippen LogP contribution in [0.4, 0.5) is 9.18 Å². The number of hydrogen-bond acceptors (Lipinski definition) is 2. The molecule has 0 radical (unpaired) electrons. The molecule has 5 heteroatoms. The lowest BCUT2D eigenvalue weighted by Crippen LogP contribution is -2.36. The van der Waals surface area contributed by atoms with Gasteiger partial charge in [0.05, 0.1) is 0 Å². The molecule has 1 aliphatic rings. The summed E-state index contributed by atoms with van der Waals surface area (Å²) in [6.45, 7) is 1.08. The Morgan fingerprint density at radius 1 is 1.44 bits per heavy atom. The van der Waals surface area contributed by atoms with Crippen LogP contribution < -0.4 is 0 Å². The molecule has 86 valence electrons. The zero-order valence-corrected chi connectivity index (χ0v) is 8.77. The highest BCUT2D eigenvalue weighted by Crippen LogP contribution is 2.27. The summed E-state index contributed by atoms with van der Waals surface area (Å²) in [5, 5.41) is 8.80. The van der Waals surface area contributed by atoms with Gasteiger partial charge in [-0.1, -0.05) is 6.07 Å². The second-order valence-corrected chi connectivity index (χ2v) is 3.96. The SMILES string of the molecule is O=C(O)N1CCC(c2ccc(F)nc2)CC1. The van der Waals surface area contributed by atoms with Gasteiger partial charge in [0, 0.05) is 19.3 Å². The van der Waals surface area contributed by atoms with E-state index >= 15 is 0 Å².